The summed E-state index contributed by atoms with van der Waals surface area (Å²) in [6.45, 7) is 10.5. The van der Waals surface area contributed by atoms with E-state index in [1.54, 1.807) is 6.08 Å². The number of carbonyl (C=O) groups excluding carboxylic acids is 1. The Morgan fingerprint density at radius 2 is 1.87 bits per heavy atom. The minimum atomic E-state index is -0.0509. The van der Waals surface area contributed by atoms with Crippen molar-refractivity contribution >= 4 is 12.0 Å². The summed E-state index contributed by atoms with van der Waals surface area (Å²) in [7, 11) is 0. The lowest BCUT2D eigenvalue weighted by molar-refractivity contribution is -0.117. The third kappa shape index (κ3) is 5.02. The van der Waals surface area contributed by atoms with Crippen molar-refractivity contribution in [3.05, 3.63) is 64.5 Å². The lowest BCUT2D eigenvalue weighted by atomic mass is 10.0. The van der Waals surface area contributed by atoms with Gasteiger partial charge in [0.05, 0.1) is 19.3 Å². The van der Waals surface area contributed by atoms with Gasteiger partial charge in [0.2, 0.25) is 5.91 Å². The van der Waals surface area contributed by atoms with Gasteiger partial charge >= 0.3 is 0 Å². The summed E-state index contributed by atoms with van der Waals surface area (Å²) in [5.41, 5.74) is 6.03. The Balaban J connectivity index is 1.46. The van der Waals surface area contributed by atoms with Crippen LogP contribution in [0.2, 0.25) is 0 Å². The van der Waals surface area contributed by atoms with Gasteiger partial charge in [-0.1, -0.05) is 29.8 Å². The molecule has 2 heterocycles. The summed E-state index contributed by atoms with van der Waals surface area (Å²) in [5, 5.41) is 3.23. The lowest BCUT2D eigenvalue weighted by Crippen LogP contribution is -2.42. The molecule has 0 bridgehead atoms. The van der Waals surface area contributed by atoms with Gasteiger partial charge in [0.1, 0.15) is 0 Å². The van der Waals surface area contributed by atoms with Gasteiger partial charge in [0.15, 0.2) is 0 Å². The minimum Gasteiger partial charge on any atom is -0.379 e. The number of nitrogens with one attached hydrogen (secondary N) is 1. The third-order valence-electron chi connectivity index (χ3n) is 6.19. The van der Waals surface area contributed by atoms with E-state index in [1.807, 2.05) is 6.08 Å². The number of hydrogen-bond donors (Lipinski definition) is 1. The molecule has 5 nitrogen and oxygen atoms in total. The Morgan fingerprint density at radius 1 is 1.17 bits per heavy atom. The number of aryl methyl sites for hydroxylation is 2. The molecule has 2 fully saturated rings. The second-order valence-electron chi connectivity index (χ2n) is 8.65. The molecule has 1 saturated carbocycles. The van der Waals surface area contributed by atoms with Crippen molar-refractivity contribution in [3.8, 4) is 0 Å². The summed E-state index contributed by atoms with van der Waals surface area (Å²) in [4.78, 5) is 15.2. The number of morpholine rings is 1. The van der Waals surface area contributed by atoms with Crippen LogP contribution in [0.25, 0.3) is 6.08 Å². The second kappa shape index (κ2) is 9.19. The number of nitrogens with zero attached hydrogens (tertiary/aromatic N) is 2. The van der Waals surface area contributed by atoms with Crippen LogP contribution in [0.5, 0.6) is 0 Å². The number of benzene rings is 1. The van der Waals surface area contributed by atoms with Crippen molar-refractivity contribution in [1.29, 1.82) is 0 Å². The fraction of sp³-hybridized carbons (Fsp3) is 0.480. The maximum Gasteiger partial charge on any atom is 0.244 e. The van der Waals surface area contributed by atoms with E-state index >= 15 is 0 Å². The zero-order chi connectivity index (χ0) is 21.1. The predicted molar refractivity (Wildman–Crippen MR) is 121 cm³/mol. The van der Waals surface area contributed by atoms with E-state index in [9.17, 15) is 4.79 Å². The number of ether oxygens (including phenoxy) is 1. The van der Waals surface area contributed by atoms with Gasteiger partial charge in [-0.15, -0.1) is 0 Å². The highest BCUT2D eigenvalue weighted by Gasteiger charge is 2.26. The van der Waals surface area contributed by atoms with Gasteiger partial charge < -0.3 is 14.6 Å². The van der Waals surface area contributed by atoms with Crippen LogP contribution in [0.1, 0.15) is 53.0 Å². The molecule has 1 aliphatic carbocycles. The molecule has 2 aliphatic rings. The summed E-state index contributed by atoms with van der Waals surface area (Å²) < 4.78 is 7.88. The number of rotatable bonds is 7. The molecule has 30 heavy (non-hydrogen) atoms. The number of amides is 1. The Kier molecular flexibility index (Phi) is 6.40. The standard InChI is InChI=1S/C25H33N3O2/c1-18-4-6-21(7-5-18)24(17-27-12-14-30-15-13-27)26-25(29)11-8-22-16-19(2)28(20(22)3)23-9-10-23/h4-8,11,16,23-24H,9-10,12-15,17H2,1-3H3,(H,26,29)/b11-8+/t24-/m0/s1. The van der Waals surface area contributed by atoms with Gasteiger partial charge in [-0.3, -0.25) is 9.69 Å². The average Bonchev–Trinajstić information content (AvgIpc) is 3.52. The molecule has 1 aromatic carbocycles. The Bertz CT molecular complexity index is 903. The molecule has 5 heteroatoms. The van der Waals surface area contributed by atoms with Gasteiger partial charge in [0, 0.05) is 43.1 Å². The van der Waals surface area contributed by atoms with E-state index in [0.29, 0.717) is 6.04 Å². The number of aromatic nitrogens is 1. The molecule has 1 atom stereocenters. The fourth-order valence-corrected chi connectivity index (χ4v) is 4.33. The fourth-order valence-electron chi connectivity index (χ4n) is 4.33. The van der Waals surface area contributed by atoms with Crippen LogP contribution in [0.15, 0.2) is 36.4 Å². The minimum absolute atomic E-state index is 0.0419. The number of carbonyl (C=O) groups is 1. The van der Waals surface area contributed by atoms with Crippen LogP contribution in [0.3, 0.4) is 0 Å². The molecule has 2 aromatic rings. The molecule has 1 aliphatic heterocycles. The van der Waals surface area contributed by atoms with Gasteiger partial charge in [-0.2, -0.15) is 0 Å². The molecule has 0 unspecified atom stereocenters. The first-order valence-corrected chi connectivity index (χ1v) is 11.0. The van der Waals surface area contributed by atoms with E-state index in [2.05, 4.69) is 65.9 Å². The van der Waals surface area contributed by atoms with Crippen molar-refractivity contribution < 1.29 is 9.53 Å². The largest absolute Gasteiger partial charge is 0.379 e. The maximum atomic E-state index is 12.8. The van der Waals surface area contributed by atoms with E-state index in [1.165, 1.54) is 29.8 Å². The molecule has 1 N–H and O–H groups in total. The zero-order valence-corrected chi connectivity index (χ0v) is 18.4. The maximum absolute atomic E-state index is 12.8. The Hall–Kier alpha value is -2.37. The Labute approximate surface area is 179 Å². The van der Waals surface area contributed by atoms with Crippen molar-refractivity contribution in [2.75, 3.05) is 32.8 Å². The molecule has 160 valence electrons. The van der Waals surface area contributed by atoms with Crippen LogP contribution in [-0.4, -0.2) is 48.2 Å². The SMILES string of the molecule is Cc1ccc([C@H](CN2CCOCC2)NC(=O)/C=C/c2cc(C)n(C3CC3)c2C)cc1. The van der Waals surface area contributed by atoms with Crippen LogP contribution in [-0.2, 0) is 9.53 Å². The zero-order valence-electron chi connectivity index (χ0n) is 18.4. The highest BCUT2D eigenvalue weighted by Crippen LogP contribution is 2.38. The van der Waals surface area contributed by atoms with Crippen LogP contribution >= 0.6 is 0 Å². The van der Waals surface area contributed by atoms with E-state index in [4.69, 9.17) is 4.74 Å². The molecule has 1 saturated heterocycles. The predicted octanol–water partition coefficient (Wildman–Crippen LogP) is 3.95. The van der Waals surface area contributed by atoms with Gasteiger partial charge in [-0.25, -0.2) is 0 Å². The molecule has 0 radical (unpaired) electrons. The normalized spacial score (nSPS) is 18.6. The van der Waals surface area contributed by atoms with E-state index < -0.39 is 0 Å². The van der Waals surface area contributed by atoms with E-state index in [-0.39, 0.29) is 11.9 Å². The third-order valence-corrected chi connectivity index (χ3v) is 6.19. The summed E-state index contributed by atoms with van der Waals surface area (Å²) in [6.07, 6.45) is 6.16. The summed E-state index contributed by atoms with van der Waals surface area (Å²) in [5.74, 6) is -0.0509. The van der Waals surface area contributed by atoms with Gasteiger partial charge in [0.25, 0.3) is 0 Å². The molecular formula is C25H33N3O2. The topological polar surface area (TPSA) is 46.5 Å². The van der Waals surface area contributed by atoms with Crippen LogP contribution in [0.4, 0.5) is 0 Å². The van der Waals surface area contributed by atoms with Crippen molar-refractivity contribution in [3.63, 3.8) is 0 Å². The molecular weight excluding hydrogens is 374 g/mol. The first kappa shape index (κ1) is 20.9. The molecule has 1 amide bonds. The molecule has 1 aromatic heterocycles. The van der Waals surface area contributed by atoms with Crippen molar-refractivity contribution in [1.82, 2.24) is 14.8 Å². The van der Waals surface area contributed by atoms with E-state index in [0.717, 1.165) is 44.0 Å². The highest BCUT2D eigenvalue weighted by molar-refractivity contribution is 5.92. The summed E-state index contributed by atoms with van der Waals surface area (Å²) >= 11 is 0. The van der Waals surface area contributed by atoms with Crippen molar-refractivity contribution in [2.24, 2.45) is 0 Å². The second-order valence-corrected chi connectivity index (χ2v) is 8.65. The van der Waals surface area contributed by atoms with Crippen molar-refractivity contribution in [2.45, 2.75) is 45.7 Å². The number of hydrogen-bond acceptors (Lipinski definition) is 3. The smallest absolute Gasteiger partial charge is 0.244 e. The average molecular weight is 408 g/mol. The monoisotopic (exact) mass is 407 g/mol. The first-order chi connectivity index (χ1) is 14.5. The van der Waals surface area contributed by atoms with Gasteiger partial charge in [-0.05, 0) is 56.9 Å². The first-order valence-electron chi connectivity index (χ1n) is 11.0. The summed E-state index contributed by atoms with van der Waals surface area (Å²) in [6, 6.07) is 11.2. The molecule has 0 spiro atoms. The van der Waals surface area contributed by atoms with Crippen LogP contribution < -0.4 is 5.32 Å². The van der Waals surface area contributed by atoms with Crippen LogP contribution in [0, 0.1) is 20.8 Å². The quantitative estimate of drug-likeness (QED) is 0.707. The Morgan fingerprint density at radius 3 is 2.53 bits per heavy atom. The highest BCUT2D eigenvalue weighted by atomic mass is 16.5. The lowest BCUT2D eigenvalue weighted by Gasteiger charge is -2.31. The molecule has 4 rings (SSSR count).